The van der Waals surface area contributed by atoms with E-state index in [1.165, 1.54) is 23.5 Å². The molecule has 3 aromatic carbocycles. The molecule has 0 radical (unpaired) electrons. The predicted molar refractivity (Wildman–Crippen MR) is 151 cm³/mol. The summed E-state index contributed by atoms with van der Waals surface area (Å²) in [6, 6.07) is 19.8. The lowest BCUT2D eigenvalue weighted by molar-refractivity contribution is 0.0593. The molecule has 0 atom stereocenters. The second-order valence-corrected chi connectivity index (χ2v) is 11.7. The van der Waals surface area contributed by atoms with Crippen LogP contribution in [0.25, 0.3) is 0 Å². The van der Waals surface area contributed by atoms with E-state index < -0.39 is 26.7 Å². The fourth-order valence-corrected chi connectivity index (χ4v) is 6.14. The number of benzene rings is 3. The Balaban J connectivity index is 1.63. The van der Waals surface area contributed by atoms with Crippen LogP contribution in [0.4, 0.5) is 4.39 Å². The summed E-state index contributed by atoms with van der Waals surface area (Å²) in [7, 11) is 0.128. The van der Waals surface area contributed by atoms with E-state index in [2.05, 4.69) is 20.9 Å². The van der Waals surface area contributed by atoms with Gasteiger partial charge in [0.25, 0.3) is 0 Å². The molecular formula is C29H28BrFN2O6S. The number of methoxy groups -OCH3 is 3. The van der Waals surface area contributed by atoms with Crippen molar-refractivity contribution in [2.24, 2.45) is 0 Å². The number of H-pyrrole nitrogens is 1. The van der Waals surface area contributed by atoms with Crippen molar-refractivity contribution in [1.29, 1.82) is 0 Å². The van der Waals surface area contributed by atoms with Gasteiger partial charge in [0.15, 0.2) is 0 Å². The van der Waals surface area contributed by atoms with Gasteiger partial charge < -0.3 is 19.2 Å². The Kier molecular flexibility index (Phi) is 9.28. The van der Waals surface area contributed by atoms with Crippen LogP contribution in [-0.2, 0) is 34.3 Å². The van der Waals surface area contributed by atoms with Crippen LogP contribution in [0.2, 0.25) is 0 Å². The summed E-state index contributed by atoms with van der Waals surface area (Å²) in [5, 5.41) is 0. The number of ether oxygens (including phenoxy) is 3. The van der Waals surface area contributed by atoms with Crippen molar-refractivity contribution >= 4 is 31.9 Å². The van der Waals surface area contributed by atoms with Gasteiger partial charge in [0.2, 0.25) is 10.0 Å². The molecule has 0 aliphatic heterocycles. The van der Waals surface area contributed by atoms with Gasteiger partial charge in [-0.1, -0.05) is 30.3 Å². The first kappa shape index (κ1) is 29.3. The van der Waals surface area contributed by atoms with Crippen molar-refractivity contribution in [2.45, 2.75) is 24.4 Å². The molecular weight excluding hydrogens is 603 g/mol. The van der Waals surface area contributed by atoms with Crippen molar-refractivity contribution in [3.8, 4) is 11.5 Å². The third-order valence-electron chi connectivity index (χ3n) is 6.26. The Labute approximate surface area is 240 Å². The SMILES string of the molecule is COC(=O)c1[nH]c(Cc2ccc(S(=O)(=O)N(Cc3ccc(OC)cc3)Cc3ccc(OC)cc3)c(F)c2)cc1Br. The third kappa shape index (κ3) is 6.72. The minimum atomic E-state index is -4.25. The molecule has 11 heteroatoms. The summed E-state index contributed by atoms with van der Waals surface area (Å²) >= 11 is 3.31. The lowest BCUT2D eigenvalue weighted by Crippen LogP contribution is -2.31. The maximum absolute atomic E-state index is 15.4. The summed E-state index contributed by atoms with van der Waals surface area (Å²) < 4.78 is 59.9. The number of nitrogens with zero attached hydrogens (tertiary/aromatic N) is 1. The summed E-state index contributed by atoms with van der Waals surface area (Å²) in [6.07, 6.45) is 0.244. The van der Waals surface area contributed by atoms with Gasteiger partial charge in [0.05, 0.1) is 25.8 Å². The van der Waals surface area contributed by atoms with Crippen molar-refractivity contribution in [3.63, 3.8) is 0 Å². The first-order chi connectivity index (χ1) is 19.1. The van der Waals surface area contributed by atoms with E-state index in [4.69, 9.17) is 14.2 Å². The summed E-state index contributed by atoms with van der Waals surface area (Å²) in [5.74, 6) is -0.129. The Hall–Kier alpha value is -3.67. The van der Waals surface area contributed by atoms with Gasteiger partial charge >= 0.3 is 5.97 Å². The van der Waals surface area contributed by atoms with E-state index in [1.54, 1.807) is 74.9 Å². The number of nitrogens with one attached hydrogen (secondary N) is 1. The van der Waals surface area contributed by atoms with E-state index in [-0.39, 0.29) is 25.2 Å². The molecule has 0 aliphatic rings. The zero-order valence-corrected chi connectivity index (χ0v) is 24.5. The topological polar surface area (TPSA) is 97.9 Å². The molecule has 40 heavy (non-hydrogen) atoms. The lowest BCUT2D eigenvalue weighted by Gasteiger charge is -2.23. The lowest BCUT2D eigenvalue weighted by atomic mass is 10.1. The van der Waals surface area contributed by atoms with E-state index in [0.29, 0.717) is 38.4 Å². The van der Waals surface area contributed by atoms with E-state index in [1.807, 2.05) is 0 Å². The van der Waals surface area contributed by atoms with Crippen molar-refractivity contribution in [2.75, 3.05) is 21.3 Å². The van der Waals surface area contributed by atoms with Crippen molar-refractivity contribution in [1.82, 2.24) is 9.29 Å². The second-order valence-electron chi connectivity index (χ2n) is 8.92. The Morgan fingerprint density at radius 2 is 1.38 bits per heavy atom. The van der Waals surface area contributed by atoms with Crippen LogP contribution in [-0.4, -0.2) is 45.0 Å². The summed E-state index contributed by atoms with van der Waals surface area (Å²) in [4.78, 5) is 14.4. The van der Waals surface area contributed by atoms with Gasteiger partial charge in [-0.25, -0.2) is 17.6 Å². The first-order valence-corrected chi connectivity index (χ1v) is 14.4. The average molecular weight is 632 g/mol. The smallest absolute Gasteiger partial charge is 0.355 e. The van der Waals surface area contributed by atoms with Crippen LogP contribution in [0.5, 0.6) is 11.5 Å². The largest absolute Gasteiger partial charge is 0.497 e. The number of hydrogen-bond donors (Lipinski definition) is 1. The van der Waals surface area contributed by atoms with Crippen LogP contribution >= 0.6 is 15.9 Å². The van der Waals surface area contributed by atoms with Crippen LogP contribution in [0.15, 0.2) is 82.2 Å². The summed E-state index contributed by atoms with van der Waals surface area (Å²) in [5.41, 5.74) is 2.83. The summed E-state index contributed by atoms with van der Waals surface area (Å²) in [6.45, 7) is 0.0404. The molecule has 8 nitrogen and oxygen atoms in total. The molecule has 0 saturated heterocycles. The Morgan fingerprint density at radius 3 is 1.85 bits per heavy atom. The molecule has 0 spiro atoms. The highest BCUT2D eigenvalue weighted by Crippen LogP contribution is 2.27. The molecule has 0 bridgehead atoms. The number of rotatable bonds is 11. The van der Waals surface area contributed by atoms with Gasteiger partial charge in [0, 0.05) is 25.2 Å². The average Bonchev–Trinajstić information content (AvgIpc) is 3.32. The number of halogens is 2. The molecule has 0 amide bonds. The highest BCUT2D eigenvalue weighted by molar-refractivity contribution is 9.10. The highest BCUT2D eigenvalue weighted by atomic mass is 79.9. The molecule has 210 valence electrons. The molecule has 1 N–H and O–H groups in total. The molecule has 1 aromatic heterocycles. The molecule has 0 aliphatic carbocycles. The minimum Gasteiger partial charge on any atom is -0.497 e. The van der Waals surface area contributed by atoms with Crippen molar-refractivity contribution in [3.05, 3.63) is 111 Å². The van der Waals surface area contributed by atoms with Crippen LogP contribution in [0, 0.1) is 5.82 Å². The normalized spacial score (nSPS) is 11.4. The number of sulfonamides is 1. The van der Waals surface area contributed by atoms with Gasteiger partial charge in [-0.3, -0.25) is 0 Å². The quantitative estimate of drug-likeness (QED) is 0.213. The van der Waals surface area contributed by atoms with Crippen molar-refractivity contribution < 1.29 is 31.8 Å². The minimum absolute atomic E-state index is 0.0202. The standard InChI is InChI=1S/C29H28BrFN2O6S/c1-37-23-9-4-19(5-10-23)17-33(18-20-6-11-24(38-2)12-7-20)40(35,36)27-13-8-21(15-26(27)31)14-22-16-25(30)28(32-22)29(34)39-3/h4-13,15-16,32H,14,17-18H2,1-3H3. The van der Waals surface area contributed by atoms with Gasteiger partial charge in [-0.15, -0.1) is 0 Å². The maximum Gasteiger partial charge on any atom is 0.355 e. The van der Waals surface area contributed by atoms with Gasteiger partial charge in [0.1, 0.15) is 27.9 Å². The molecule has 4 rings (SSSR count). The highest BCUT2D eigenvalue weighted by Gasteiger charge is 2.28. The van der Waals surface area contributed by atoms with Gasteiger partial charge in [-0.05, 0) is 75.1 Å². The van der Waals surface area contributed by atoms with Crippen LogP contribution in [0.1, 0.15) is 32.9 Å². The number of carbonyl (C=O) groups is 1. The molecule has 0 unspecified atom stereocenters. The van der Waals surface area contributed by atoms with E-state index in [0.717, 1.165) is 0 Å². The Morgan fingerprint density at radius 1 is 0.850 bits per heavy atom. The van der Waals surface area contributed by atoms with E-state index >= 15 is 4.39 Å². The number of carbonyl (C=O) groups excluding carboxylic acids is 1. The molecule has 4 aromatic rings. The molecule has 0 saturated carbocycles. The molecule has 0 fully saturated rings. The fourth-order valence-electron chi connectivity index (χ4n) is 4.14. The Bertz CT molecular complexity index is 1540. The second kappa shape index (κ2) is 12.7. The number of esters is 1. The maximum atomic E-state index is 15.4. The zero-order valence-electron chi connectivity index (χ0n) is 22.1. The zero-order chi connectivity index (χ0) is 28.9. The molecule has 1 heterocycles. The fraction of sp³-hybridized carbons (Fsp3) is 0.207. The third-order valence-corrected chi connectivity index (χ3v) is 8.71. The number of aromatic amines is 1. The predicted octanol–water partition coefficient (Wildman–Crippen LogP) is 5.70. The van der Waals surface area contributed by atoms with E-state index in [9.17, 15) is 13.2 Å². The first-order valence-electron chi connectivity index (χ1n) is 12.1. The monoisotopic (exact) mass is 630 g/mol. The number of hydrogen-bond acceptors (Lipinski definition) is 6. The number of aromatic nitrogens is 1. The van der Waals surface area contributed by atoms with Gasteiger partial charge in [-0.2, -0.15) is 4.31 Å². The van der Waals surface area contributed by atoms with Crippen LogP contribution in [0.3, 0.4) is 0 Å². The van der Waals surface area contributed by atoms with Crippen LogP contribution < -0.4 is 9.47 Å².